The molecule has 1 aliphatic rings. The second-order valence-corrected chi connectivity index (χ2v) is 7.34. The lowest BCUT2D eigenvalue weighted by Gasteiger charge is -2.31. The third kappa shape index (κ3) is 4.59. The van der Waals surface area contributed by atoms with Gasteiger partial charge in [0.15, 0.2) is 0 Å². The highest BCUT2D eigenvalue weighted by atomic mass is 19.4. The van der Waals surface area contributed by atoms with Crippen LogP contribution in [0.5, 0.6) is 0 Å². The summed E-state index contributed by atoms with van der Waals surface area (Å²) in [7, 11) is 0. The minimum Gasteiger partial charge on any atom is -0.342 e. The Morgan fingerprint density at radius 2 is 2.03 bits per heavy atom. The van der Waals surface area contributed by atoms with Crippen molar-refractivity contribution in [1.82, 2.24) is 14.9 Å². The molecular formula is C21H21F3N4O. The van der Waals surface area contributed by atoms with Crippen LogP contribution in [0.1, 0.15) is 30.1 Å². The third-order valence-corrected chi connectivity index (χ3v) is 5.14. The van der Waals surface area contributed by atoms with E-state index in [0.717, 1.165) is 48.4 Å². The van der Waals surface area contributed by atoms with Gasteiger partial charge in [-0.3, -0.25) is 9.69 Å². The first-order valence-corrected chi connectivity index (χ1v) is 9.52. The van der Waals surface area contributed by atoms with Crippen molar-refractivity contribution in [3.63, 3.8) is 0 Å². The van der Waals surface area contributed by atoms with E-state index in [1.54, 1.807) is 0 Å². The van der Waals surface area contributed by atoms with E-state index in [9.17, 15) is 18.0 Å². The Labute approximate surface area is 165 Å². The molecule has 0 spiro atoms. The minimum atomic E-state index is -4.44. The molecule has 1 saturated heterocycles. The van der Waals surface area contributed by atoms with E-state index in [1.807, 2.05) is 29.2 Å². The van der Waals surface area contributed by atoms with Crippen LogP contribution >= 0.6 is 0 Å². The van der Waals surface area contributed by atoms with Crippen LogP contribution in [-0.2, 0) is 11.0 Å². The predicted molar refractivity (Wildman–Crippen MR) is 105 cm³/mol. The molecule has 8 heteroatoms. The van der Waals surface area contributed by atoms with E-state index in [2.05, 4.69) is 15.3 Å². The monoisotopic (exact) mass is 402 g/mol. The summed E-state index contributed by atoms with van der Waals surface area (Å²) in [6, 6.07) is 12.5. The van der Waals surface area contributed by atoms with Gasteiger partial charge in [-0.1, -0.05) is 18.2 Å². The van der Waals surface area contributed by atoms with E-state index < -0.39 is 11.7 Å². The smallest absolute Gasteiger partial charge is 0.342 e. The number of aromatic amines is 1. The number of carbonyl (C=O) groups is 1. The Hall–Kier alpha value is -2.87. The largest absolute Gasteiger partial charge is 0.416 e. The second-order valence-electron chi connectivity index (χ2n) is 7.34. The molecule has 1 atom stereocenters. The Morgan fingerprint density at radius 3 is 2.83 bits per heavy atom. The lowest BCUT2D eigenvalue weighted by molar-refractivity contribution is -0.137. The minimum absolute atomic E-state index is 0.132. The van der Waals surface area contributed by atoms with Crippen LogP contribution in [0.4, 0.5) is 18.9 Å². The maximum atomic E-state index is 12.8. The van der Waals surface area contributed by atoms with Gasteiger partial charge < -0.3 is 10.3 Å². The number of alkyl halides is 3. The predicted octanol–water partition coefficient (Wildman–Crippen LogP) is 4.40. The number of halogens is 3. The first-order chi connectivity index (χ1) is 13.9. The topological polar surface area (TPSA) is 61.0 Å². The molecule has 1 fully saturated rings. The summed E-state index contributed by atoms with van der Waals surface area (Å²) in [6.07, 6.45) is -2.53. The second kappa shape index (κ2) is 7.87. The van der Waals surface area contributed by atoms with Crippen LogP contribution in [0.25, 0.3) is 11.0 Å². The van der Waals surface area contributed by atoms with Gasteiger partial charge in [0.25, 0.3) is 0 Å². The van der Waals surface area contributed by atoms with Crippen molar-refractivity contribution in [3.8, 4) is 0 Å². The van der Waals surface area contributed by atoms with Gasteiger partial charge in [-0.05, 0) is 49.7 Å². The van der Waals surface area contributed by atoms with Crippen molar-refractivity contribution < 1.29 is 18.0 Å². The lowest BCUT2D eigenvalue weighted by atomic mass is 9.97. The number of anilines is 1. The average Bonchev–Trinajstić information content (AvgIpc) is 3.12. The molecule has 2 aromatic carbocycles. The van der Waals surface area contributed by atoms with Crippen LogP contribution in [0.3, 0.4) is 0 Å². The van der Waals surface area contributed by atoms with Crippen molar-refractivity contribution in [2.24, 2.45) is 0 Å². The molecule has 0 saturated carbocycles. The van der Waals surface area contributed by atoms with Crippen LogP contribution in [-0.4, -0.2) is 40.4 Å². The number of H-pyrrole nitrogens is 1. The number of benzene rings is 2. The fourth-order valence-electron chi connectivity index (χ4n) is 3.77. The molecule has 152 valence electrons. The third-order valence-electron chi connectivity index (χ3n) is 5.14. The number of carbonyl (C=O) groups excluding carboxylic acids is 1. The molecule has 3 aromatic rings. The number of nitrogens with one attached hydrogen (secondary N) is 2. The van der Waals surface area contributed by atoms with Gasteiger partial charge >= 0.3 is 6.18 Å². The fraction of sp³-hybridized carbons (Fsp3) is 0.333. The normalized spacial score (nSPS) is 18.1. The van der Waals surface area contributed by atoms with Crippen LogP contribution in [0.15, 0.2) is 48.5 Å². The summed E-state index contributed by atoms with van der Waals surface area (Å²) in [5.41, 5.74) is 1.28. The van der Waals surface area contributed by atoms with Crippen molar-refractivity contribution in [2.75, 3.05) is 25.0 Å². The number of rotatable bonds is 4. The first kappa shape index (κ1) is 19.4. The summed E-state index contributed by atoms with van der Waals surface area (Å²) in [5, 5.41) is 2.57. The van der Waals surface area contributed by atoms with Crippen molar-refractivity contribution >= 4 is 22.6 Å². The van der Waals surface area contributed by atoms with Gasteiger partial charge in [-0.25, -0.2) is 4.98 Å². The van der Waals surface area contributed by atoms with Gasteiger partial charge in [0.2, 0.25) is 5.91 Å². The molecule has 0 aliphatic carbocycles. The van der Waals surface area contributed by atoms with E-state index in [0.29, 0.717) is 6.54 Å². The van der Waals surface area contributed by atoms with E-state index >= 15 is 0 Å². The number of hydrogen-bond donors (Lipinski definition) is 2. The molecule has 29 heavy (non-hydrogen) atoms. The highest BCUT2D eigenvalue weighted by Crippen LogP contribution is 2.31. The van der Waals surface area contributed by atoms with Gasteiger partial charge in [0.05, 0.1) is 23.1 Å². The zero-order valence-corrected chi connectivity index (χ0v) is 15.7. The Balaban J connectivity index is 1.38. The van der Waals surface area contributed by atoms with Crippen LogP contribution in [0.2, 0.25) is 0 Å². The summed E-state index contributed by atoms with van der Waals surface area (Å²) in [6.45, 7) is 1.58. The Kier molecular flexibility index (Phi) is 5.27. The summed E-state index contributed by atoms with van der Waals surface area (Å²) in [4.78, 5) is 22.4. The summed E-state index contributed by atoms with van der Waals surface area (Å²) >= 11 is 0. The molecular weight excluding hydrogens is 381 g/mol. The zero-order chi connectivity index (χ0) is 20.4. The molecule has 1 aliphatic heterocycles. The molecule has 1 aromatic heterocycles. The number of amides is 1. The number of aromatic nitrogens is 2. The molecule has 0 radical (unpaired) electrons. The molecule has 5 nitrogen and oxygen atoms in total. The quantitative estimate of drug-likeness (QED) is 0.680. The number of piperidine rings is 1. The SMILES string of the molecule is O=C(CN1CCCC(c2nc3ccccc3[nH]2)C1)Nc1cccc(C(F)(F)F)c1. The molecule has 1 amide bonds. The maximum absolute atomic E-state index is 12.8. The van der Waals surface area contributed by atoms with E-state index in [4.69, 9.17) is 0 Å². The number of fused-ring (bicyclic) bond motifs is 1. The molecule has 4 rings (SSSR count). The number of nitrogens with zero attached hydrogens (tertiary/aromatic N) is 2. The first-order valence-electron chi connectivity index (χ1n) is 9.52. The van der Waals surface area contributed by atoms with Gasteiger partial charge in [0.1, 0.15) is 5.82 Å². The lowest BCUT2D eigenvalue weighted by Crippen LogP contribution is -2.40. The molecule has 1 unspecified atom stereocenters. The summed E-state index contributed by atoms with van der Waals surface area (Å²) in [5.74, 6) is 0.779. The molecule has 0 bridgehead atoms. The van der Waals surface area contributed by atoms with Crippen LogP contribution < -0.4 is 5.32 Å². The van der Waals surface area contributed by atoms with Crippen molar-refractivity contribution in [2.45, 2.75) is 24.9 Å². The standard InChI is InChI=1S/C21H21F3N4O/c22-21(23,24)15-6-3-7-16(11-15)25-19(29)13-28-10-4-5-14(12-28)20-26-17-8-1-2-9-18(17)27-20/h1-3,6-9,11,14H,4-5,10,12-13H2,(H,25,29)(H,26,27). The Morgan fingerprint density at radius 1 is 1.21 bits per heavy atom. The fourth-order valence-corrected chi connectivity index (χ4v) is 3.77. The molecule has 2 N–H and O–H groups in total. The number of imidazole rings is 1. The molecule has 2 heterocycles. The van der Waals surface area contributed by atoms with E-state index in [-0.39, 0.29) is 24.1 Å². The highest BCUT2D eigenvalue weighted by molar-refractivity contribution is 5.92. The van der Waals surface area contributed by atoms with Gasteiger partial charge in [0, 0.05) is 18.2 Å². The maximum Gasteiger partial charge on any atom is 0.416 e. The Bertz CT molecular complexity index is 981. The van der Waals surface area contributed by atoms with Crippen molar-refractivity contribution in [3.05, 3.63) is 59.9 Å². The number of likely N-dealkylation sites (tertiary alicyclic amines) is 1. The van der Waals surface area contributed by atoms with Crippen LogP contribution in [0, 0.1) is 0 Å². The number of para-hydroxylation sites is 2. The average molecular weight is 402 g/mol. The van der Waals surface area contributed by atoms with Gasteiger partial charge in [-0.2, -0.15) is 13.2 Å². The van der Waals surface area contributed by atoms with E-state index in [1.165, 1.54) is 12.1 Å². The summed E-state index contributed by atoms with van der Waals surface area (Å²) < 4.78 is 38.5. The highest BCUT2D eigenvalue weighted by Gasteiger charge is 2.30. The number of hydrogen-bond acceptors (Lipinski definition) is 3. The zero-order valence-electron chi connectivity index (χ0n) is 15.7. The van der Waals surface area contributed by atoms with Gasteiger partial charge in [-0.15, -0.1) is 0 Å². The van der Waals surface area contributed by atoms with Crippen molar-refractivity contribution in [1.29, 1.82) is 0 Å².